The molecule has 0 saturated heterocycles. The third-order valence-corrected chi connectivity index (χ3v) is 4.64. The van der Waals surface area contributed by atoms with Crippen LogP contribution in [-0.4, -0.2) is 0 Å². The van der Waals surface area contributed by atoms with Crippen LogP contribution in [-0.2, 0) is 11.8 Å². The van der Waals surface area contributed by atoms with E-state index in [9.17, 15) is 0 Å². The molecular formula is C23H22O. The maximum atomic E-state index is 6.14. The topological polar surface area (TPSA) is 13.1 Å². The van der Waals surface area contributed by atoms with Crippen LogP contribution >= 0.6 is 0 Å². The van der Waals surface area contributed by atoms with Crippen LogP contribution in [0.4, 0.5) is 0 Å². The van der Waals surface area contributed by atoms with Gasteiger partial charge < -0.3 is 4.42 Å². The second kappa shape index (κ2) is 5.52. The highest BCUT2D eigenvalue weighted by atomic mass is 16.3. The fraction of sp³-hybridized carbons (Fsp3) is 0.217. The summed E-state index contributed by atoms with van der Waals surface area (Å²) in [6.45, 7) is 6.54. The zero-order chi connectivity index (χ0) is 16.7. The van der Waals surface area contributed by atoms with E-state index in [-0.39, 0.29) is 5.41 Å². The summed E-state index contributed by atoms with van der Waals surface area (Å²) >= 11 is 0. The lowest BCUT2D eigenvalue weighted by Gasteiger charge is -2.14. The molecule has 0 bridgehead atoms. The average molecular weight is 314 g/mol. The van der Waals surface area contributed by atoms with Gasteiger partial charge in [-0.2, -0.15) is 0 Å². The first-order valence-electron chi connectivity index (χ1n) is 8.51. The minimum Gasteiger partial charge on any atom is -0.461 e. The van der Waals surface area contributed by atoms with E-state index in [2.05, 4.69) is 87.5 Å². The SMILES string of the molecule is CC(C)(C)c1ccc(C2=Cc3c(cccc3-c3ccccc3)C2)o1. The van der Waals surface area contributed by atoms with Gasteiger partial charge in [-0.15, -0.1) is 0 Å². The highest BCUT2D eigenvalue weighted by molar-refractivity contribution is 5.92. The van der Waals surface area contributed by atoms with Gasteiger partial charge in [0.15, 0.2) is 0 Å². The molecule has 0 unspecified atom stereocenters. The largest absolute Gasteiger partial charge is 0.461 e. The number of allylic oxidation sites excluding steroid dienone is 1. The van der Waals surface area contributed by atoms with Crippen molar-refractivity contribution in [3.05, 3.63) is 83.3 Å². The fourth-order valence-electron chi connectivity index (χ4n) is 3.31. The molecule has 3 aromatic rings. The van der Waals surface area contributed by atoms with E-state index in [0.717, 1.165) is 17.9 Å². The van der Waals surface area contributed by atoms with E-state index in [1.54, 1.807) is 0 Å². The standard InChI is InChI=1S/C23H22O/c1-23(2,3)22-13-12-21(24-22)18-14-17-10-7-11-19(20(17)15-18)16-8-5-4-6-9-16/h4-13,15H,14H2,1-3H3. The molecule has 0 saturated carbocycles. The van der Waals surface area contributed by atoms with Crippen molar-refractivity contribution in [3.63, 3.8) is 0 Å². The predicted octanol–water partition coefficient (Wildman–Crippen LogP) is 6.34. The van der Waals surface area contributed by atoms with Gasteiger partial charge in [-0.3, -0.25) is 0 Å². The zero-order valence-electron chi connectivity index (χ0n) is 14.5. The Balaban J connectivity index is 1.75. The number of benzene rings is 2. The van der Waals surface area contributed by atoms with Crippen molar-refractivity contribution in [3.8, 4) is 11.1 Å². The molecule has 1 aliphatic carbocycles. The predicted molar refractivity (Wildman–Crippen MR) is 101 cm³/mol. The lowest BCUT2D eigenvalue weighted by molar-refractivity contribution is 0.403. The number of rotatable bonds is 2. The summed E-state index contributed by atoms with van der Waals surface area (Å²) in [4.78, 5) is 0. The maximum Gasteiger partial charge on any atom is 0.130 e. The summed E-state index contributed by atoms with van der Waals surface area (Å²) in [7, 11) is 0. The molecule has 1 heteroatoms. The second-order valence-electron chi connectivity index (χ2n) is 7.50. The lowest BCUT2D eigenvalue weighted by Crippen LogP contribution is -2.09. The Bertz CT molecular complexity index is 905. The van der Waals surface area contributed by atoms with Crippen molar-refractivity contribution < 1.29 is 4.42 Å². The molecule has 1 nitrogen and oxygen atoms in total. The monoisotopic (exact) mass is 314 g/mol. The van der Waals surface area contributed by atoms with E-state index in [1.165, 1.54) is 27.8 Å². The minimum atomic E-state index is 0.0411. The van der Waals surface area contributed by atoms with Crippen LogP contribution in [0.1, 0.15) is 43.4 Å². The van der Waals surface area contributed by atoms with Gasteiger partial charge in [-0.25, -0.2) is 0 Å². The quantitative estimate of drug-likeness (QED) is 0.538. The molecule has 0 fully saturated rings. The molecule has 0 radical (unpaired) electrons. The molecule has 0 atom stereocenters. The maximum absolute atomic E-state index is 6.14. The van der Waals surface area contributed by atoms with Crippen molar-refractivity contribution in [2.75, 3.05) is 0 Å². The number of hydrogen-bond acceptors (Lipinski definition) is 1. The normalized spacial score (nSPS) is 13.7. The van der Waals surface area contributed by atoms with E-state index < -0.39 is 0 Å². The van der Waals surface area contributed by atoms with Crippen LogP contribution in [0, 0.1) is 0 Å². The van der Waals surface area contributed by atoms with Gasteiger partial charge in [0.2, 0.25) is 0 Å². The third kappa shape index (κ3) is 2.60. The summed E-state index contributed by atoms with van der Waals surface area (Å²) in [6, 6.07) is 21.4. The molecule has 24 heavy (non-hydrogen) atoms. The Morgan fingerprint density at radius 2 is 1.62 bits per heavy atom. The molecule has 0 spiro atoms. The van der Waals surface area contributed by atoms with Gasteiger partial charge >= 0.3 is 0 Å². The molecule has 0 N–H and O–H groups in total. The fourth-order valence-corrected chi connectivity index (χ4v) is 3.31. The van der Waals surface area contributed by atoms with Gasteiger partial charge in [-0.05, 0) is 46.0 Å². The van der Waals surface area contributed by atoms with Crippen molar-refractivity contribution >= 4 is 11.6 Å². The Morgan fingerprint density at radius 1 is 0.833 bits per heavy atom. The summed E-state index contributed by atoms with van der Waals surface area (Å²) in [5.41, 5.74) is 6.57. The smallest absolute Gasteiger partial charge is 0.130 e. The first-order valence-corrected chi connectivity index (χ1v) is 8.51. The molecule has 120 valence electrons. The molecule has 1 aromatic heterocycles. The number of fused-ring (bicyclic) bond motifs is 1. The van der Waals surface area contributed by atoms with Crippen LogP contribution in [0.15, 0.2) is 65.1 Å². The molecule has 1 aliphatic rings. The van der Waals surface area contributed by atoms with Crippen LogP contribution in [0.2, 0.25) is 0 Å². The van der Waals surface area contributed by atoms with Crippen molar-refractivity contribution in [2.24, 2.45) is 0 Å². The van der Waals surface area contributed by atoms with Gasteiger partial charge in [0.25, 0.3) is 0 Å². The highest BCUT2D eigenvalue weighted by Crippen LogP contribution is 2.38. The Kier molecular flexibility index (Phi) is 3.45. The molecular weight excluding hydrogens is 292 g/mol. The summed E-state index contributed by atoms with van der Waals surface area (Å²) in [5.74, 6) is 2.03. The van der Waals surface area contributed by atoms with Crippen molar-refractivity contribution in [1.29, 1.82) is 0 Å². The summed E-state index contributed by atoms with van der Waals surface area (Å²) in [6.07, 6.45) is 3.23. The van der Waals surface area contributed by atoms with Gasteiger partial charge in [0, 0.05) is 11.8 Å². The molecule has 0 amide bonds. The third-order valence-electron chi connectivity index (χ3n) is 4.64. The van der Waals surface area contributed by atoms with Crippen molar-refractivity contribution in [1.82, 2.24) is 0 Å². The van der Waals surface area contributed by atoms with Gasteiger partial charge in [0.05, 0.1) is 0 Å². The lowest BCUT2D eigenvalue weighted by atomic mass is 9.94. The van der Waals surface area contributed by atoms with Gasteiger partial charge in [-0.1, -0.05) is 69.3 Å². The molecule has 4 rings (SSSR count). The Labute approximate surface area is 143 Å². The van der Waals surface area contributed by atoms with Crippen LogP contribution in [0.3, 0.4) is 0 Å². The molecule has 0 aliphatic heterocycles. The minimum absolute atomic E-state index is 0.0411. The van der Waals surface area contributed by atoms with E-state index in [0.29, 0.717) is 0 Å². The van der Waals surface area contributed by atoms with Gasteiger partial charge in [0.1, 0.15) is 11.5 Å². The Hall–Kier alpha value is -2.54. The highest BCUT2D eigenvalue weighted by Gasteiger charge is 2.22. The Morgan fingerprint density at radius 3 is 2.33 bits per heavy atom. The zero-order valence-corrected chi connectivity index (χ0v) is 14.5. The summed E-state index contributed by atoms with van der Waals surface area (Å²) in [5, 5.41) is 0. The number of hydrogen-bond donors (Lipinski definition) is 0. The molecule has 1 heterocycles. The van der Waals surface area contributed by atoms with E-state index in [1.807, 2.05) is 0 Å². The van der Waals surface area contributed by atoms with Crippen LogP contribution in [0.25, 0.3) is 22.8 Å². The van der Waals surface area contributed by atoms with Crippen molar-refractivity contribution in [2.45, 2.75) is 32.6 Å². The van der Waals surface area contributed by atoms with E-state index in [4.69, 9.17) is 4.42 Å². The molecule has 2 aromatic carbocycles. The first-order chi connectivity index (χ1) is 11.5. The number of furan rings is 1. The summed E-state index contributed by atoms with van der Waals surface area (Å²) < 4.78 is 6.14. The van der Waals surface area contributed by atoms with E-state index >= 15 is 0 Å². The second-order valence-corrected chi connectivity index (χ2v) is 7.50. The van der Waals surface area contributed by atoms with Crippen LogP contribution < -0.4 is 0 Å². The van der Waals surface area contributed by atoms with Crippen LogP contribution in [0.5, 0.6) is 0 Å². The first kappa shape index (κ1) is 15.0. The average Bonchev–Trinajstić information content (AvgIpc) is 3.21.